The van der Waals surface area contributed by atoms with Crippen LogP contribution in [-0.4, -0.2) is 70.3 Å². The fourth-order valence-corrected chi connectivity index (χ4v) is 7.79. The minimum Gasteiger partial charge on any atom is -0.504 e. The molecule has 2 fully saturated rings. The number of likely N-dealkylation sites (N-methyl/N-ethyl adjacent to an activating group) is 2. The van der Waals surface area contributed by atoms with Gasteiger partial charge in [0.1, 0.15) is 6.10 Å². The average Bonchev–Trinajstić information content (AvgIpc) is 3.16. The minimum atomic E-state index is -0.978. The number of rotatable bonds is 3. The predicted molar refractivity (Wildman–Crippen MR) is 134 cm³/mol. The van der Waals surface area contributed by atoms with Gasteiger partial charge in [-0.2, -0.15) is 0 Å². The van der Waals surface area contributed by atoms with Gasteiger partial charge in [0.15, 0.2) is 11.5 Å². The summed E-state index contributed by atoms with van der Waals surface area (Å²) in [4.78, 5) is 17.5. The van der Waals surface area contributed by atoms with Crippen LogP contribution in [0.5, 0.6) is 11.5 Å². The molecule has 2 aromatic carbocycles. The number of aryl methyl sites for hydroxylation is 1. The molecule has 2 heterocycles. The van der Waals surface area contributed by atoms with Crippen molar-refractivity contribution in [3.05, 3.63) is 64.7 Å². The topological polar surface area (TPSA) is 73.2 Å². The number of nitrogens with zero attached hydrogens (tertiary/aromatic N) is 2. The molecule has 2 aromatic rings. The van der Waals surface area contributed by atoms with Crippen molar-refractivity contribution in [3.8, 4) is 11.5 Å². The van der Waals surface area contributed by atoms with Crippen molar-refractivity contribution in [2.45, 2.75) is 62.3 Å². The number of likely N-dealkylation sites (tertiary alicyclic amines) is 1. The zero-order valence-corrected chi connectivity index (χ0v) is 20.9. The zero-order valence-electron chi connectivity index (χ0n) is 20.9. The lowest BCUT2D eigenvalue weighted by Gasteiger charge is -2.65. The first kappa shape index (κ1) is 22.6. The van der Waals surface area contributed by atoms with Crippen molar-refractivity contribution < 1.29 is 19.7 Å². The van der Waals surface area contributed by atoms with Crippen LogP contribution >= 0.6 is 0 Å². The molecule has 35 heavy (non-hydrogen) atoms. The lowest BCUT2D eigenvalue weighted by Crippen LogP contribution is -2.79. The van der Waals surface area contributed by atoms with E-state index in [0.717, 1.165) is 41.6 Å². The van der Waals surface area contributed by atoms with Gasteiger partial charge in [0, 0.05) is 24.7 Å². The summed E-state index contributed by atoms with van der Waals surface area (Å²) in [5.74, 6) is 0.553. The van der Waals surface area contributed by atoms with E-state index in [0.29, 0.717) is 12.2 Å². The molecule has 2 N–H and O–H groups in total. The van der Waals surface area contributed by atoms with E-state index in [1.165, 1.54) is 0 Å². The van der Waals surface area contributed by atoms with E-state index in [4.69, 9.17) is 4.74 Å². The number of carbonyl (C=O) groups excluding carboxylic acids is 1. The molecule has 6 rings (SSSR count). The monoisotopic (exact) mass is 474 g/mol. The highest BCUT2D eigenvalue weighted by molar-refractivity contribution is 5.92. The smallest absolute Gasteiger partial charge is 0.246 e. The molecule has 0 aromatic heterocycles. The number of aromatic hydroxyl groups is 1. The summed E-state index contributed by atoms with van der Waals surface area (Å²) in [7, 11) is 3.93. The van der Waals surface area contributed by atoms with E-state index >= 15 is 0 Å². The summed E-state index contributed by atoms with van der Waals surface area (Å²) >= 11 is 0. The van der Waals surface area contributed by atoms with Crippen LogP contribution in [0.2, 0.25) is 0 Å². The molecule has 1 saturated heterocycles. The molecule has 184 valence electrons. The van der Waals surface area contributed by atoms with Crippen molar-refractivity contribution in [2.24, 2.45) is 5.92 Å². The van der Waals surface area contributed by atoms with Gasteiger partial charge in [-0.15, -0.1) is 0 Å². The van der Waals surface area contributed by atoms with Gasteiger partial charge in [0.05, 0.1) is 17.1 Å². The Bertz CT molecular complexity index is 1240. The SMILES string of the molecule is Cc1cccc(C=CC(=O)N(C)[C@H]2[C@H](C)C[C@@]3(O)[C@H]4Cc5ccc(O)c6c5[C@@]3(CCN4C)[C@H]2O6)c1. The van der Waals surface area contributed by atoms with Crippen LogP contribution in [-0.2, 0) is 16.6 Å². The van der Waals surface area contributed by atoms with Gasteiger partial charge in [0.2, 0.25) is 5.91 Å². The molecule has 0 unspecified atom stereocenters. The molecule has 6 heteroatoms. The number of carbonyl (C=O) groups is 1. The van der Waals surface area contributed by atoms with Crippen molar-refractivity contribution >= 4 is 12.0 Å². The predicted octanol–water partition coefficient (Wildman–Crippen LogP) is 3.27. The summed E-state index contributed by atoms with van der Waals surface area (Å²) in [6.45, 7) is 4.99. The van der Waals surface area contributed by atoms with E-state index in [-0.39, 0.29) is 29.7 Å². The van der Waals surface area contributed by atoms with E-state index in [9.17, 15) is 15.0 Å². The maximum absolute atomic E-state index is 13.4. The Balaban J connectivity index is 1.41. The number of phenols is 1. The third-order valence-electron chi connectivity index (χ3n) is 9.31. The normalized spacial score (nSPS) is 35.0. The molecular formula is C29H34N2O4. The van der Waals surface area contributed by atoms with E-state index < -0.39 is 17.1 Å². The van der Waals surface area contributed by atoms with E-state index in [1.54, 1.807) is 17.0 Å². The van der Waals surface area contributed by atoms with Crippen LogP contribution in [0.4, 0.5) is 0 Å². The van der Waals surface area contributed by atoms with Crippen molar-refractivity contribution in [2.75, 3.05) is 20.6 Å². The first-order chi connectivity index (χ1) is 16.7. The second-order valence-electron chi connectivity index (χ2n) is 11.2. The van der Waals surface area contributed by atoms with Crippen molar-refractivity contribution in [3.63, 3.8) is 0 Å². The fourth-order valence-electron chi connectivity index (χ4n) is 7.79. The van der Waals surface area contributed by atoms with Crippen LogP contribution in [0.25, 0.3) is 6.08 Å². The number of aliphatic hydroxyl groups is 1. The molecule has 2 aliphatic heterocycles. The van der Waals surface area contributed by atoms with Crippen LogP contribution in [0.15, 0.2) is 42.5 Å². The lowest BCUT2D eigenvalue weighted by molar-refractivity contribution is -0.208. The highest BCUT2D eigenvalue weighted by Gasteiger charge is 2.74. The number of hydrogen-bond donors (Lipinski definition) is 2. The number of hydrogen-bond acceptors (Lipinski definition) is 5. The van der Waals surface area contributed by atoms with Crippen LogP contribution in [0, 0.1) is 12.8 Å². The quantitative estimate of drug-likeness (QED) is 0.668. The third-order valence-corrected chi connectivity index (χ3v) is 9.31. The Morgan fingerprint density at radius 2 is 2.09 bits per heavy atom. The zero-order chi connectivity index (χ0) is 24.7. The van der Waals surface area contributed by atoms with Gasteiger partial charge < -0.3 is 24.7 Å². The molecule has 1 spiro atoms. The molecule has 0 radical (unpaired) electrons. The largest absolute Gasteiger partial charge is 0.504 e. The van der Waals surface area contributed by atoms with Gasteiger partial charge in [-0.25, -0.2) is 0 Å². The Labute approximate surface area is 206 Å². The van der Waals surface area contributed by atoms with Gasteiger partial charge in [-0.3, -0.25) is 4.79 Å². The Morgan fingerprint density at radius 3 is 2.86 bits per heavy atom. The molecule has 2 bridgehead atoms. The molecule has 1 saturated carbocycles. The van der Waals surface area contributed by atoms with Gasteiger partial charge in [-0.1, -0.05) is 42.8 Å². The van der Waals surface area contributed by atoms with Gasteiger partial charge >= 0.3 is 0 Å². The van der Waals surface area contributed by atoms with E-state index in [1.807, 2.05) is 50.4 Å². The van der Waals surface area contributed by atoms with Crippen molar-refractivity contribution in [1.82, 2.24) is 9.80 Å². The highest BCUT2D eigenvalue weighted by atomic mass is 16.5. The Morgan fingerprint density at radius 1 is 1.29 bits per heavy atom. The van der Waals surface area contributed by atoms with Crippen LogP contribution in [0.3, 0.4) is 0 Å². The first-order valence-electron chi connectivity index (χ1n) is 12.6. The first-order valence-corrected chi connectivity index (χ1v) is 12.6. The Hall–Kier alpha value is -2.83. The molecule has 6 atom stereocenters. The molecule has 2 aliphatic carbocycles. The number of amides is 1. The number of ether oxygens (including phenoxy) is 1. The number of phenolic OH excluding ortho intramolecular Hbond substituents is 1. The van der Waals surface area contributed by atoms with Gasteiger partial charge in [0.25, 0.3) is 0 Å². The summed E-state index contributed by atoms with van der Waals surface area (Å²) in [6, 6.07) is 11.5. The van der Waals surface area contributed by atoms with Crippen LogP contribution < -0.4 is 4.74 Å². The maximum atomic E-state index is 13.4. The Kier molecular flexibility index (Phi) is 4.90. The van der Waals surface area contributed by atoms with Crippen molar-refractivity contribution in [1.29, 1.82) is 0 Å². The highest BCUT2D eigenvalue weighted by Crippen LogP contribution is 2.66. The van der Waals surface area contributed by atoms with Crippen LogP contribution in [0.1, 0.15) is 42.0 Å². The second kappa shape index (κ2) is 7.58. The molecular weight excluding hydrogens is 440 g/mol. The number of benzene rings is 2. The summed E-state index contributed by atoms with van der Waals surface area (Å²) in [5.41, 5.74) is 2.63. The summed E-state index contributed by atoms with van der Waals surface area (Å²) < 4.78 is 6.60. The van der Waals surface area contributed by atoms with Gasteiger partial charge in [-0.05, 0) is 69.0 Å². The maximum Gasteiger partial charge on any atom is 0.246 e. The van der Waals surface area contributed by atoms with E-state index in [2.05, 4.69) is 18.9 Å². The third kappa shape index (κ3) is 2.93. The molecule has 4 aliphatic rings. The number of piperidine rings is 1. The lowest BCUT2D eigenvalue weighted by atomic mass is 9.47. The molecule has 6 nitrogen and oxygen atoms in total. The minimum absolute atomic E-state index is 0.0176. The second-order valence-corrected chi connectivity index (χ2v) is 11.2. The molecule has 1 amide bonds. The fraction of sp³-hybridized carbons (Fsp3) is 0.483. The summed E-state index contributed by atoms with van der Waals surface area (Å²) in [5, 5.41) is 23.2. The summed E-state index contributed by atoms with van der Waals surface area (Å²) in [6.07, 6.45) is 5.11. The standard InChI is InChI=1S/C29H34N2O4/c1-17-6-5-7-19(14-17)8-11-23(33)31(4)25-18(2)16-29(34)22-15-20-9-10-21(32)26-24(20)28(29,27(25)35-26)12-13-30(22)3/h5-11,14,18,22,25,27,32,34H,12-13,15-16H2,1-4H3/t18-,22-,25+,27+,28+,29-/m1/s1. The average molecular weight is 475 g/mol.